The van der Waals surface area contributed by atoms with E-state index in [-0.39, 0.29) is 18.1 Å². The smallest absolute Gasteiger partial charge is 0.256 e. The van der Waals surface area contributed by atoms with Crippen LogP contribution >= 0.6 is 0 Å². The SMILES string of the molecule is OCc1ccccc1Oc1nccc(CO)c1F. The van der Waals surface area contributed by atoms with Crippen molar-refractivity contribution in [2.75, 3.05) is 0 Å². The lowest BCUT2D eigenvalue weighted by Crippen LogP contribution is -1.99. The van der Waals surface area contributed by atoms with Crippen molar-refractivity contribution in [3.05, 3.63) is 53.5 Å². The van der Waals surface area contributed by atoms with Crippen LogP contribution in [-0.2, 0) is 13.2 Å². The molecule has 0 aliphatic rings. The number of rotatable bonds is 4. The van der Waals surface area contributed by atoms with Crippen molar-refractivity contribution in [3.8, 4) is 11.6 Å². The number of benzene rings is 1. The van der Waals surface area contributed by atoms with Crippen LogP contribution in [0, 0.1) is 5.82 Å². The Morgan fingerprint density at radius 1 is 1.06 bits per heavy atom. The number of aliphatic hydroxyl groups is 2. The van der Waals surface area contributed by atoms with Crippen LogP contribution in [0.15, 0.2) is 36.5 Å². The zero-order chi connectivity index (χ0) is 13.0. The number of halogens is 1. The lowest BCUT2D eigenvalue weighted by Gasteiger charge is -2.10. The molecule has 18 heavy (non-hydrogen) atoms. The molecular formula is C13H12FNO3. The molecule has 2 aromatic rings. The number of pyridine rings is 1. The molecule has 0 radical (unpaired) electrons. The summed E-state index contributed by atoms with van der Waals surface area (Å²) in [5.74, 6) is -0.586. The van der Waals surface area contributed by atoms with Gasteiger partial charge in [0.15, 0.2) is 5.82 Å². The molecule has 0 bridgehead atoms. The lowest BCUT2D eigenvalue weighted by molar-refractivity contribution is 0.269. The summed E-state index contributed by atoms with van der Waals surface area (Å²) < 4.78 is 19.1. The molecule has 94 valence electrons. The van der Waals surface area contributed by atoms with Crippen molar-refractivity contribution < 1.29 is 19.3 Å². The van der Waals surface area contributed by atoms with E-state index in [4.69, 9.17) is 14.9 Å². The summed E-state index contributed by atoms with van der Waals surface area (Å²) >= 11 is 0. The van der Waals surface area contributed by atoms with Crippen LogP contribution in [0.1, 0.15) is 11.1 Å². The second-order valence-electron chi connectivity index (χ2n) is 3.62. The Morgan fingerprint density at radius 3 is 2.50 bits per heavy atom. The van der Waals surface area contributed by atoms with E-state index in [9.17, 15) is 4.39 Å². The van der Waals surface area contributed by atoms with Crippen LogP contribution in [0.3, 0.4) is 0 Å². The summed E-state index contributed by atoms with van der Waals surface area (Å²) in [7, 11) is 0. The topological polar surface area (TPSA) is 62.6 Å². The van der Waals surface area contributed by atoms with Crippen molar-refractivity contribution in [1.82, 2.24) is 4.98 Å². The normalized spacial score (nSPS) is 10.4. The standard InChI is InChI=1S/C13H12FNO3/c14-12-10(8-17)5-6-15-13(12)18-11-4-2-1-3-9(11)7-16/h1-6,16-17H,7-8H2. The maximum atomic E-state index is 13.8. The first-order chi connectivity index (χ1) is 8.76. The molecule has 0 fully saturated rings. The number of aliphatic hydroxyl groups excluding tert-OH is 2. The molecule has 5 heteroatoms. The van der Waals surface area contributed by atoms with E-state index < -0.39 is 12.4 Å². The number of aromatic nitrogens is 1. The quantitative estimate of drug-likeness (QED) is 0.870. The van der Waals surface area contributed by atoms with Gasteiger partial charge < -0.3 is 14.9 Å². The molecule has 0 spiro atoms. The highest BCUT2D eigenvalue weighted by atomic mass is 19.1. The summed E-state index contributed by atoms with van der Waals surface area (Å²) in [5, 5.41) is 18.1. The van der Waals surface area contributed by atoms with Crippen LogP contribution < -0.4 is 4.74 Å². The van der Waals surface area contributed by atoms with E-state index in [1.807, 2.05) is 0 Å². The van der Waals surface area contributed by atoms with Crippen LogP contribution in [0.2, 0.25) is 0 Å². The van der Waals surface area contributed by atoms with Crippen LogP contribution in [0.5, 0.6) is 11.6 Å². The maximum absolute atomic E-state index is 13.8. The van der Waals surface area contributed by atoms with Crippen molar-refractivity contribution in [2.24, 2.45) is 0 Å². The van der Waals surface area contributed by atoms with Gasteiger partial charge in [-0.25, -0.2) is 9.37 Å². The van der Waals surface area contributed by atoms with Gasteiger partial charge in [-0.05, 0) is 12.1 Å². The third-order valence-corrected chi connectivity index (χ3v) is 2.46. The molecule has 1 aromatic carbocycles. The molecule has 2 N–H and O–H groups in total. The van der Waals surface area contributed by atoms with Crippen molar-refractivity contribution >= 4 is 0 Å². The average Bonchev–Trinajstić information content (AvgIpc) is 2.42. The van der Waals surface area contributed by atoms with Crippen molar-refractivity contribution in [2.45, 2.75) is 13.2 Å². The molecule has 2 rings (SSSR count). The zero-order valence-electron chi connectivity index (χ0n) is 9.51. The zero-order valence-corrected chi connectivity index (χ0v) is 9.51. The van der Waals surface area contributed by atoms with Crippen LogP contribution in [-0.4, -0.2) is 15.2 Å². The third-order valence-electron chi connectivity index (χ3n) is 2.46. The van der Waals surface area contributed by atoms with Gasteiger partial charge in [-0.3, -0.25) is 0 Å². The molecule has 0 saturated carbocycles. The van der Waals surface area contributed by atoms with Crippen LogP contribution in [0.4, 0.5) is 4.39 Å². The van der Waals surface area contributed by atoms with E-state index >= 15 is 0 Å². The molecule has 0 saturated heterocycles. The molecule has 0 unspecified atom stereocenters. The van der Waals surface area contributed by atoms with Crippen molar-refractivity contribution in [1.29, 1.82) is 0 Å². The highest BCUT2D eigenvalue weighted by Crippen LogP contribution is 2.26. The Bertz CT molecular complexity index is 546. The largest absolute Gasteiger partial charge is 0.436 e. The van der Waals surface area contributed by atoms with E-state index in [0.29, 0.717) is 11.3 Å². The van der Waals surface area contributed by atoms with Gasteiger partial charge in [-0.2, -0.15) is 0 Å². The minimum Gasteiger partial charge on any atom is -0.436 e. The highest BCUT2D eigenvalue weighted by Gasteiger charge is 2.12. The second kappa shape index (κ2) is 5.57. The Kier molecular flexibility index (Phi) is 3.86. The van der Waals surface area contributed by atoms with Gasteiger partial charge in [0.05, 0.1) is 13.2 Å². The van der Waals surface area contributed by atoms with E-state index in [1.165, 1.54) is 12.3 Å². The first-order valence-electron chi connectivity index (χ1n) is 5.37. The molecule has 1 heterocycles. The number of para-hydroxylation sites is 1. The molecule has 0 aliphatic heterocycles. The summed E-state index contributed by atoms with van der Waals surface area (Å²) in [4.78, 5) is 3.77. The number of ether oxygens (including phenoxy) is 1. The number of hydrogen-bond acceptors (Lipinski definition) is 4. The lowest BCUT2D eigenvalue weighted by atomic mass is 10.2. The highest BCUT2D eigenvalue weighted by molar-refractivity contribution is 5.36. The number of hydrogen-bond donors (Lipinski definition) is 2. The van der Waals surface area contributed by atoms with Gasteiger partial charge in [-0.15, -0.1) is 0 Å². The van der Waals surface area contributed by atoms with Crippen molar-refractivity contribution in [3.63, 3.8) is 0 Å². The first kappa shape index (κ1) is 12.5. The monoisotopic (exact) mass is 249 g/mol. The molecule has 4 nitrogen and oxygen atoms in total. The van der Waals surface area contributed by atoms with Gasteiger partial charge >= 0.3 is 0 Å². The number of nitrogens with zero attached hydrogens (tertiary/aromatic N) is 1. The minimum absolute atomic E-state index is 0.112. The Morgan fingerprint density at radius 2 is 1.78 bits per heavy atom. The second-order valence-corrected chi connectivity index (χ2v) is 3.62. The fourth-order valence-electron chi connectivity index (χ4n) is 1.49. The van der Waals surface area contributed by atoms with E-state index in [1.54, 1.807) is 24.3 Å². The minimum atomic E-state index is -0.701. The Labute approximate surface area is 103 Å². The first-order valence-corrected chi connectivity index (χ1v) is 5.37. The third kappa shape index (κ3) is 2.47. The summed E-state index contributed by atoms with van der Waals surface area (Å²) in [5.41, 5.74) is 0.648. The fraction of sp³-hybridized carbons (Fsp3) is 0.154. The predicted octanol–water partition coefficient (Wildman–Crippen LogP) is 2.00. The Hall–Kier alpha value is -1.98. The summed E-state index contributed by atoms with van der Waals surface area (Å²) in [6, 6.07) is 8.11. The van der Waals surface area contributed by atoms with Gasteiger partial charge in [0.25, 0.3) is 5.88 Å². The fourth-order valence-corrected chi connectivity index (χ4v) is 1.49. The van der Waals surface area contributed by atoms with Crippen LogP contribution in [0.25, 0.3) is 0 Å². The molecule has 1 aromatic heterocycles. The van der Waals surface area contributed by atoms with Gasteiger partial charge in [0.2, 0.25) is 0 Å². The molecular weight excluding hydrogens is 237 g/mol. The van der Waals surface area contributed by atoms with Gasteiger partial charge in [0.1, 0.15) is 5.75 Å². The van der Waals surface area contributed by atoms with Gasteiger partial charge in [-0.1, -0.05) is 18.2 Å². The predicted molar refractivity (Wildman–Crippen MR) is 62.6 cm³/mol. The van der Waals surface area contributed by atoms with E-state index in [2.05, 4.69) is 4.98 Å². The molecule has 0 aliphatic carbocycles. The van der Waals surface area contributed by atoms with Gasteiger partial charge in [0, 0.05) is 17.3 Å². The molecule has 0 amide bonds. The molecule has 0 atom stereocenters. The Balaban J connectivity index is 2.34. The maximum Gasteiger partial charge on any atom is 0.256 e. The summed E-state index contributed by atoms with van der Waals surface area (Å²) in [6.07, 6.45) is 1.35. The summed E-state index contributed by atoms with van der Waals surface area (Å²) in [6.45, 7) is -0.635. The average molecular weight is 249 g/mol. The van der Waals surface area contributed by atoms with E-state index in [0.717, 1.165) is 0 Å².